The van der Waals surface area contributed by atoms with Crippen LogP contribution in [0.3, 0.4) is 0 Å². The molecule has 92 valence electrons. The van der Waals surface area contributed by atoms with Gasteiger partial charge in [0.05, 0.1) is 18.7 Å². The lowest BCUT2D eigenvalue weighted by atomic mass is 10.1. The van der Waals surface area contributed by atoms with Gasteiger partial charge < -0.3 is 14.9 Å². The number of hydrogen-bond donors (Lipinski definition) is 2. The number of ether oxygens (including phenoxy) is 1. The van der Waals surface area contributed by atoms with Gasteiger partial charge in [0.25, 0.3) is 0 Å². The van der Waals surface area contributed by atoms with Gasteiger partial charge in [-0.3, -0.25) is 0 Å². The second-order valence-corrected chi connectivity index (χ2v) is 2.93. The highest BCUT2D eigenvalue weighted by molar-refractivity contribution is 5.88. The number of halogens is 3. The average molecular weight is 248 g/mol. The third-order valence-electron chi connectivity index (χ3n) is 1.86. The summed E-state index contributed by atoms with van der Waals surface area (Å²) < 4.78 is 43.8. The molecule has 0 aliphatic carbocycles. The molecule has 0 spiro atoms. The summed E-state index contributed by atoms with van der Waals surface area (Å²) in [7, 11) is 0.905. The summed E-state index contributed by atoms with van der Waals surface area (Å²) in [6.07, 6.45) is 0.245. The van der Waals surface area contributed by atoms with Crippen LogP contribution < -0.4 is 4.74 Å². The van der Waals surface area contributed by atoms with Crippen molar-refractivity contribution >= 4 is 11.7 Å². The van der Waals surface area contributed by atoms with Crippen molar-refractivity contribution in [3.63, 3.8) is 0 Å². The molecule has 2 N–H and O–H groups in total. The molecule has 0 saturated carbocycles. The summed E-state index contributed by atoms with van der Waals surface area (Å²) in [6.45, 7) is 0. The standard InChI is InChI=1S/C10H7F3O4/c1-17-10-8(12)4(2-5(11)9(10)13)6(14)3-7(15)16/h2-3,14H,1H3,(H,15,16). The number of methoxy groups -OCH3 is 1. The van der Waals surface area contributed by atoms with E-state index in [4.69, 9.17) is 5.11 Å². The van der Waals surface area contributed by atoms with Crippen LogP contribution >= 0.6 is 0 Å². The first-order valence-electron chi connectivity index (χ1n) is 4.24. The Morgan fingerprint density at radius 1 is 1.29 bits per heavy atom. The number of aliphatic hydroxyl groups is 1. The number of carboxylic acid groups (broad SMARTS) is 1. The Kier molecular flexibility index (Phi) is 3.62. The fraction of sp³-hybridized carbons (Fsp3) is 0.100. The van der Waals surface area contributed by atoms with Crippen molar-refractivity contribution in [2.24, 2.45) is 0 Å². The minimum atomic E-state index is -1.56. The molecule has 0 fully saturated rings. The third-order valence-corrected chi connectivity index (χ3v) is 1.86. The molecule has 0 unspecified atom stereocenters. The number of rotatable bonds is 3. The van der Waals surface area contributed by atoms with Crippen LogP contribution in [0.2, 0.25) is 0 Å². The van der Waals surface area contributed by atoms with E-state index in [0.717, 1.165) is 7.11 Å². The summed E-state index contributed by atoms with van der Waals surface area (Å²) in [5, 5.41) is 17.5. The predicted octanol–water partition coefficient (Wildman–Crippen LogP) is 2.10. The van der Waals surface area contributed by atoms with Crippen LogP contribution in [0.25, 0.3) is 5.76 Å². The van der Waals surface area contributed by atoms with E-state index in [1.54, 1.807) is 0 Å². The van der Waals surface area contributed by atoms with Gasteiger partial charge in [-0.1, -0.05) is 0 Å². The highest BCUT2D eigenvalue weighted by atomic mass is 19.2. The fourth-order valence-corrected chi connectivity index (χ4v) is 1.14. The van der Waals surface area contributed by atoms with E-state index in [1.807, 2.05) is 0 Å². The normalized spacial score (nSPS) is 11.4. The highest BCUT2D eigenvalue weighted by Gasteiger charge is 2.21. The van der Waals surface area contributed by atoms with E-state index >= 15 is 0 Å². The Morgan fingerprint density at radius 2 is 1.88 bits per heavy atom. The van der Waals surface area contributed by atoms with E-state index in [2.05, 4.69) is 4.74 Å². The van der Waals surface area contributed by atoms with Gasteiger partial charge in [0.15, 0.2) is 17.4 Å². The van der Waals surface area contributed by atoms with Crippen molar-refractivity contribution < 1.29 is 32.9 Å². The first-order valence-corrected chi connectivity index (χ1v) is 4.24. The summed E-state index contributed by atoms with van der Waals surface area (Å²) >= 11 is 0. The summed E-state index contributed by atoms with van der Waals surface area (Å²) in [5.74, 6) is -8.06. The minimum absolute atomic E-state index is 0.245. The molecular weight excluding hydrogens is 241 g/mol. The van der Waals surface area contributed by atoms with Crippen LogP contribution in [0, 0.1) is 17.5 Å². The first-order chi connectivity index (χ1) is 7.88. The lowest BCUT2D eigenvalue weighted by molar-refractivity contribution is -0.131. The van der Waals surface area contributed by atoms with E-state index in [1.165, 1.54) is 0 Å². The Bertz CT molecular complexity index is 497. The topological polar surface area (TPSA) is 66.8 Å². The number of carboxylic acids is 1. The molecule has 0 radical (unpaired) electrons. The van der Waals surface area contributed by atoms with Crippen LogP contribution in [-0.4, -0.2) is 23.3 Å². The Balaban J connectivity index is 3.46. The van der Waals surface area contributed by atoms with Crippen molar-refractivity contribution in [3.05, 3.63) is 35.2 Å². The third kappa shape index (κ3) is 2.49. The minimum Gasteiger partial charge on any atom is -0.507 e. The molecule has 0 heterocycles. The summed E-state index contributed by atoms with van der Waals surface area (Å²) in [4.78, 5) is 10.2. The smallest absolute Gasteiger partial charge is 0.332 e. The zero-order valence-corrected chi connectivity index (χ0v) is 8.50. The molecule has 7 heteroatoms. The Labute approximate surface area is 93.6 Å². The van der Waals surface area contributed by atoms with E-state index in [-0.39, 0.29) is 6.08 Å². The summed E-state index contributed by atoms with van der Waals surface area (Å²) in [5.41, 5.74) is -0.803. The van der Waals surface area contributed by atoms with Gasteiger partial charge in [-0.2, -0.15) is 4.39 Å². The van der Waals surface area contributed by atoms with Gasteiger partial charge >= 0.3 is 5.97 Å². The van der Waals surface area contributed by atoms with Gasteiger partial charge in [0.1, 0.15) is 5.76 Å². The van der Waals surface area contributed by atoms with Gasteiger partial charge in [0.2, 0.25) is 5.82 Å². The second-order valence-electron chi connectivity index (χ2n) is 2.93. The first kappa shape index (κ1) is 12.9. The monoisotopic (exact) mass is 248 g/mol. The van der Waals surface area contributed by atoms with E-state index in [0.29, 0.717) is 6.07 Å². The number of aliphatic carboxylic acids is 1. The molecule has 0 saturated heterocycles. The van der Waals surface area contributed by atoms with Gasteiger partial charge in [0, 0.05) is 0 Å². The average Bonchev–Trinajstić information content (AvgIpc) is 2.23. The Morgan fingerprint density at radius 3 is 2.35 bits per heavy atom. The molecule has 0 aliphatic rings. The zero-order chi connectivity index (χ0) is 13.2. The maximum atomic E-state index is 13.5. The van der Waals surface area contributed by atoms with Crippen LogP contribution in [0.15, 0.2) is 12.1 Å². The van der Waals surface area contributed by atoms with Crippen LogP contribution in [0.1, 0.15) is 5.56 Å². The molecule has 17 heavy (non-hydrogen) atoms. The number of hydrogen-bond acceptors (Lipinski definition) is 3. The molecule has 4 nitrogen and oxygen atoms in total. The largest absolute Gasteiger partial charge is 0.507 e. The van der Waals surface area contributed by atoms with Crippen molar-refractivity contribution in [2.75, 3.05) is 7.11 Å². The molecule has 1 aromatic carbocycles. The second kappa shape index (κ2) is 4.77. The van der Waals surface area contributed by atoms with Crippen molar-refractivity contribution in [2.45, 2.75) is 0 Å². The molecule has 0 atom stereocenters. The van der Waals surface area contributed by atoms with Crippen molar-refractivity contribution in [1.29, 1.82) is 0 Å². The molecule has 0 bridgehead atoms. The molecule has 0 aromatic heterocycles. The van der Waals surface area contributed by atoms with Crippen molar-refractivity contribution in [1.82, 2.24) is 0 Å². The van der Waals surface area contributed by atoms with E-state index < -0.39 is 40.5 Å². The maximum absolute atomic E-state index is 13.5. The highest BCUT2D eigenvalue weighted by Crippen LogP contribution is 2.29. The summed E-state index contributed by atoms with van der Waals surface area (Å²) in [6, 6.07) is 0.335. The van der Waals surface area contributed by atoms with E-state index in [9.17, 15) is 23.1 Å². The fourth-order valence-electron chi connectivity index (χ4n) is 1.14. The van der Waals surface area contributed by atoms with Gasteiger partial charge in [-0.25, -0.2) is 13.6 Å². The lowest BCUT2D eigenvalue weighted by Gasteiger charge is -2.08. The number of benzene rings is 1. The Hall–Kier alpha value is -2.18. The molecular formula is C10H7F3O4. The molecule has 0 amide bonds. The molecule has 1 aromatic rings. The van der Waals surface area contributed by atoms with Crippen molar-refractivity contribution in [3.8, 4) is 5.75 Å². The molecule has 1 rings (SSSR count). The quantitative estimate of drug-likeness (QED) is 0.488. The predicted molar refractivity (Wildman–Crippen MR) is 51.1 cm³/mol. The number of carbonyl (C=O) groups is 1. The SMILES string of the molecule is COc1c(F)c(F)cc(C(O)=CC(=O)O)c1F. The maximum Gasteiger partial charge on any atom is 0.332 e. The van der Waals surface area contributed by atoms with Crippen LogP contribution in [-0.2, 0) is 4.79 Å². The van der Waals surface area contributed by atoms with Crippen LogP contribution in [0.5, 0.6) is 5.75 Å². The lowest BCUT2D eigenvalue weighted by Crippen LogP contribution is -2.02. The van der Waals surface area contributed by atoms with Gasteiger partial charge in [-0.05, 0) is 6.07 Å². The number of aliphatic hydroxyl groups excluding tert-OH is 1. The zero-order valence-electron chi connectivity index (χ0n) is 8.50. The van der Waals surface area contributed by atoms with Crippen LogP contribution in [0.4, 0.5) is 13.2 Å². The molecule has 0 aliphatic heterocycles. The van der Waals surface area contributed by atoms with Gasteiger partial charge in [-0.15, -0.1) is 0 Å².